The van der Waals surface area contributed by atoms with E-state index in [-0.39, 0.29) is 13.2 Å². The highest BCUT2D eigenvalue weighted by Crippen LogP contribution is 2.41. The van der Waals surface area contributed by atoms with Gasteiger partial charge in [-0.05, 0) is 18.2 Å². The van der Waals surface area contributed by atoms with Gasteiger partial charge in [0.25, 0.3) is 0 Å². The second-order valence-electron chi connectivity index (χ2n) is 6.02. The van der Waals surface area contributed by atoms with Gasteiger partial charge in [0.15, 0.2) is 5.82 Å². The molecule has 0 aliphatic carbocycles. The van der Waals surface area contributed by atoms with Crippen molar-refractivity contribution in [1.29, 1.82) is 0 Å². The van der Waals surface area contributed by atoms with Crippen LogP contribution in [0.5, 0.6) is 5.75 Å². The molecule has 1 aromatic carbocycles. The van der Waals surface area contributed by atoms with E-state index in [4.69, 9.17) is 16.3 Å². The molecule has 27 heavy (non-hydrogen) atoms. The summed E-state index contributed by atoms with van der Waals surface area (Å²) < 4.78 is 46.9. The Bertz CT molecular complexity index is 797. The number of carbonyl (C=O) groups excluding carboxylic acids is 1. The monoisotopic (exact) mass is 405 g/mol. The summed E-state index contributed by atoms with van der Waals surface area (Å²) in [4.78, 5) is 16.9. The minimum Gasteiger partial charge on any atom is -0.492 e. The zero-order valence-corrected chi connectivity index (χ0v) is 15.5. The van der Waals surface area contributed by atoms with E-state index >= 15 is 0 Å². The molecule has 0 spiro atoms. The third kappa shape index (κ3) is 4.92. The average Bonchev–Trinajstić information content (AvgIpc) is 3.00. The number of alkyl halides is 3. The quantitative estimate of drug-likeness (QED) is 0.769. The maximum absolute atomic E-state index is 13.5. The van der Waals surface area contributed by atoms with Gasteiger partial charge >= 0.3 is 6.18 Å². The number of aryl methyl sites for hydroxylation is 1. The molecule has 0 saturated heterocycles. The highest BCUT2D eigenvalue weighted by atomic mass is 35.5. The summed E-state index contributed by atoms with van der Waals surface area (Å²) in [6, 6.07) is 6.59. The largest absolute Gasteiger partial charge is 0.492 e. The number of hydrogen-bond donors (Lipinski definition) is 1. The summed E-state index contributed by atoms with van der Waals surface area (Å²) in [5, 5.41) is 10.7. The number of halogens is 4. The fourth-order valence-electron chi connectivity index (χ4n) is 2.41. The van der Waals surface area contributed by atoms with E-state index in [9.17, 15) is 23.1 Å². The van der Waals surface area contributed by atoms with Gasteiger partial charge in [0, 0.05) is 31.5 Å². The van der Waals surface area contributed by atoms with E-state index in [0.29, 0.717) is 10.8 Å². The number of hydrogen-bond acceptors (Lipinski definition) is 4. The molecule has 1 unspecified atom stereocenters. The number of amides is 1. The van der Waals surface area contributed by atoms with Gasteiger partial charge in [-0.15, -0.1) is 0 Å². The van der Waals surface area contributed by atoms with Crippen LogP contribution in [0.3, 0.4) is 0 Å². The summed E-state index contributed by atoms with van der Waals surface area (Å²) in [6.07, 6.45) is -3.87. The molecule has 148 valence electrons. The number of nitrogens with zero attached hydrogens (tertiary/aromatic N) is 3. The summed E-state index contributed by atoms with van der Waals surface area (Å²) in [5.74, 6) is -1.07. The van der Waals surface area contributed by atoms with Crippen molar-refractivity contribution in [2.45, 2.75) is 18.2 Å². The fourth-order valence-corrected chi connectivity index (χ4v) is 2.59. The van der Waals surface area contributed by atoms with Crippen molar-refractivity contribution in [1.82, 2.24) is 14.5 Å². The van der Waals surface area contributed by atoms with Gasteiger partial charge in [-0.25, -0.2) is 4.98 Å². The summed E-state index contributed by atoms with van der Waals surface area (Å²) in [6.45, 7) is 0.0787. The molecule has 10 heteroatoms. The molecule has 6 nitrogen and oxygen atoms in total. The van der Waals surface area contributed by atoms with Crippen LogP contribution in [0.15, 0.2) is 36.7 Å². The van der Waals surface area contributed by atoms with Crippen LogP contribution in [0.25, 0.3) is 0 Å². The molecule has 0 saturated carbocycles. The Morgan fingerprint density at radius 2 is 2.11 bits per heavy atom. The third-order valence-electron chi connectivity index (χ3n) is 3.98. The van der Waals surface area contributed by atoms with E-state index in [1.54, 1.807) is 24.3 Å². The third-order valence-corrected chi connectivity index (χ3v) is 4.22. The van der Waals surface area contributed by atoms with Gasteiger partial charge in [-0.3, -0.25) is 4.79 Å². The first kappa shape index (κ1) is 21.0. The first-order valence-corrected chi connectivity index (χ1v) is 8.31. The van der Waals surface area contributed by atoms with Crippen molar-refractivity contribution in [3.63, 3.8) is 0 Å². The highest BCUT2D eigenvalue weighted by molar-refractivity contribution is 6.30. The summed E-state index contributed by atoms with van der Waals surface area (Å²) >= 11 is 5.83. The van der Waals surface area contributed by atoms with Gasteiger partial charge in [0.2, 0.25) is 11.5 Å². The highest BCUT2D eigenvalue weighted by Gasteiger charge is 2.58. The Morgan fingerprint density at radius 1 is 1.41 bits per heavy atom. The SMILES string of the molecule is CN(CCOc1cccc(Cl)c1)C(=O)CC(O)(c1nccn1C)C(F)(F)F. The lowest BCUT2D eigenvalue weighted by atomic mass is 9.97. The van der Waals surface area contributed by atoms with Crippen LogP contribution in [-0.2, 0) is 17.4 Å². The summed E-state index contributed by atoms with van der Waals surface area (Å²) in [7, 11) is 2.64. The van der Waals surface area contributed by atoms with Gasteiger partial charge in [-0.2, -0.15) is 13.2 Å². The Morgan fingerprint density at radius 3 is 2.67 bits per heavy atom. The zero-order chi connectivity index (χ0) is 20.2. The van der Waals surface area contributed by atoms with Crippen LogP contribution >= 0.6 is 11.6 Å². The number of imidazole rings is 1. The second kappa shape index (κ2) is 8.18. The molecule has 0 bridgehead atoms. The Balaban J connectivity index is 2.01. The topological polar surface area (TPSA) is 67.6 Å². The van der Waals surface area contributed by atoms with Crippen LogP contribution in [0.1, 0.15) is 12.2 Å². The molecule has 0 aliphatic rings. The fraction of sp³-hybridized carbons (Fsp3) is 0.412. The Hall–Kier alpha value is -2.26. The molecule has 0 radical (unpaired) electrons. The Labute approximate surface area is 159 Å². The van der Waals surface area contributed by atoms with E-state index in [2.05, 4.69) is 4.98 Å². The lowest BCUT2D eigenvalue weighted by Gasteiger charge is -2.31. The van der Waals surface area contributed by atoms with Crippen molar-refractivity contribution >= 4 is 17.5 Å². The number of ether oxygens (including phenoxy) is 1. The maximum Gasteiger partial charge on any atom is 0.425 e. The van der Waals surface area contributed by atoms with Crippen molar-refractivity contribution in [3.8, 4) is 5.75 Å². The van der Waals surface area contributed by atoms with E-state index in [0.717, 1.165) is 15.7 Å². The standard InChI is InChI=1S/C17H19ClF3N3O3/c1-23(8-9-27-13-5-3-4-12(18)10-13)14(25)11-16(26,17(19,20)21)15-22-6-7-24(15)2/h3-7,10,26H,8-9,11H2,1-2H3. The van der Waals surface area contributed by atoms with Gasteiger partial charge in [0.1, 0.15) is 12.4 Å². The number of carbonyl (C=O) groups is 1. The molecule has 1 N–H and O–H groups in total. The van der Waals surface area contributed by atoms with Crippen LogP contribution < -0.4 is 4.74 Å². The first-order chi connectivity index (χ1) is 12.5. The first-order valence-electron chi connectivity index (χ1n) is 7.94. The molecule has 2 rings (SSSR count). The molecule has 2 aromatic rings. The van der Waals surface area contributed by atoms with Crippen molar-refractivity contribution < 1.29 is 27.8 Å². The second-order valence-corrected chi connectivity index (χ2v) is 6.45. The number of benzene rings is 1. The van der Waals surface area contributed by atoms with E-state index in [1.165, 1.54) is 20.3 Å². The van der Waals surface area contributed by atoms with Crippen LogP contribution in [0, 0.1) is 0 Å². The predicted molar refractivity (Wildman–Crippen MR) is 92.4 cm³/mol. The summed E-state index contributed by atoms with van der Waals surface area (Å²) in [5.41, 5.74) is -3.38. The smallest absolute Gasteiger partial charge is 0.425 e. The predicted octanol–water partition coefficient (Wildman–Crippen LogP) is 2.75. The molecule has 1 atom stereocenters. The molecular weight excluding hydrogens is 387 g/mol. The minimum absolute atomic E-state index is 0.0276. The van der Waals surface area contributed by atoms with Crippen LogP contribution in [-0.4, -0.2) is 51.8 Å². The molecule has 1 heterocycles. The van der Waals surface area contributed by atoms with E-state index < -0.39 is 29.9 Å². The van der Waals surface area contributed by atoms with Crippen molar-refractivity contribution in [2.24, 2.45) is 7.05 Å². The van der Waals surface area contributed by atoms with Crippen LogP contribution in [0.2, 0.25) is 5.02 Å². The molecule has 0 fully saturated rings. The number of rotatable bonds is 7. The Kier molecular flexibility index (Phi) is 6.38. The number of likely N-dealkylation sites (N-methyl/N-ethyl adjacent to an activating group) is 1. The lowest BCUT2D eigenvalue weighted by Crippen LogP contribution is -2.48. The van der Waals surface area contributed by atoms with Gasteiger partial charge in [0.05, 0.1) is 13.0 Å². The van der Waals surface area contributed by atoms with Crippen molar-refractivity contribution in [2.75, 3.05) is 20.2 Å². The number of aliphatic hydroxyl groups is 1. The molecular formula is C17H19ClF3N3O3. The van der Waals surface area contributed by atoms with E-state index in [1.807, 2.05) is 0 Å². The van der Waals surface area contributed by atoms with Gasteiger partial charge < -0.3 is 19.3 Å². The lowest BCUT2D eigenvalue weighted by molar-refractivity contribution is -0.271. The van der Waals surface area contributed by atoms with Crippen LogP contribution in [0.4, 0.5) is 13.2 Å². The maximum atomic E-state index is 13.5. The average molecular weight is 406 g/mol. The van der Waals surface area contributed by atoms with Crippen molar-refractivity contribution in [3.05, 3.63) is 47.5 Å². The zero-order valence-electron chi connectivity index (χ0n) is 14.7. The van der Waals surface area contributed by atoms with Gasteiger partial charge in [-0.1, -0.05) is 17.7 Å². The molecule has 1 aromatic heterocycles. The molecule has 0 aliphatic heterocycles. The minimum atomic E-state index is -5.07. The molecule has 1 amide bonds. The number of aromatic nitrogens is 2. The normalized spacial score (nSPS) is 13.9.